The fourth-order valence-electron chi connectivity index (χ4n) is 2.31. The van der Waals surface area contributed by atoms with E-state index in [2.05, 4.69) is 10.1 Å². The van der Waals surface area contributed by atoms with Crippen molar-refractivity contribution in [2.45, 2.75) is 26.5 Å². The number of hydrogen-bond donors (Lipinski definition) is 2. The lowest BCUT2D eigenvalue weighted by Gasteiger charge is -2.16. The minimum Gasteiger partial charge on any atom is -0.490 e. The quantitative estimate of drug-likeness (QED) is 0.730. The maximum Gasteiger partial charge on any atom is 0.387 e. The first-order valence-electron chi connectivity index (χ1n) is 7.77. The lowest BCUT2D eigenvalue weighted by molar-refractivity contribution is -0.0520. The van der Waals surface area contributed by atoms with Crippen molar-refractivity contribution in [2.24, 2.45) is 0 Å². The molecule has 6 heteroatoms. The van der Waals surface area contributed by atoms with Crippen LogP contribution in [0.15, 0.2) is 42.5 Å². The first kappa shape index (κ1) is 18.0. The first-order valence-corrected chi connectivity index (χ1v) is 7.77. The number of anilines is 1. The number of nitrogens with one attached hydrogen (secondary N) is 1. The van der Waals surface area contributed by atoms with E-state index in [9.17, 15) is 8.78 Å². The lowest BCUT2D eigenvalue weighted by Crippen LogP contribution is -2.09. The molecule has 0 radical (unpaired) electrons. The van der Waals surface area contributed by atoms with Crippen molar-refractivity contribution in [3.8, 4) is 11.5 Å². The number of aliphatic hydroxyl groups excluding tert-OH is 1. The maximum atomic E-state index is 12.7. The van der Waals surface area contributed by atoms with E-state index in [-0.39, 0.29) is 12.4 Å². The smallest absolute Gasteiger partial charge is 0.387 e. The van der Waals surface area contributed by atoms with Crippen LogP contribution in [0, 0.1) is 0 Å². The molecule has 2 rings (SSSR count). The summed E-state index contributed by atoms with van der Waals surface area (Å²) in [6.07, 6.45) is 0.600. The number of hydrogen-bond acceptors (Lipinski definition) is 4. The summed E-state index contributed by atoms with van der Waals surface area (Å²) in [5.74, 6) is 0.356. The van der Waals surface area contributed by atoms with Crippen LogP contribution in [-0.2, 0) is 13.0 Å². The Bertz CT molecular complexity index is 633. The van der Waals surface area contributed by atoms with Gasteiger partial charge in [-0.05, 0) is 37.1 Å². The predicted octanol–water partition coefficient (Wildman–Crippen LogP) is 3.83. The van der Waals surface area contributed by atoms with Crippen LogP contribution in [0.5, 0.6) is 11.5 Å². The molecular formula is C18H21F2NO3. The fraction of sp³-hybridized carbons (Fsp3) is 0.333. The van der Waals surface area contributed by atoms with E-state index in [1.807, 2.05) is 24.3 Å². The van der Waals surface area contributed by atoms with E-state index in [0.717, 1.165) is 11.3 Å². The summed E-state index contributed by atoms with van der Waals surface area (Å²) >= 11 is 0. The Morgan fingerprint density at radius 1 is 1.12 bits per heavy atom. The molecule has 0 aliphatic heterocycles. The molecule has 0 saturated heterocycles. The van der Waals surface area contributed by atoms with Gasteiger partial charge in [-0.1, -0.05) is 24.3 Å². The standard InChI is InChI=1S/C18H21F2NO3/c1-2-23-16-5-3-4-14(17(16)24-18(19)20)12-21-15-8-6-13(7-9-15)10-11-22/h3-9,18,21-22H,2,10-12H2,1H3. The Hall–Kier alpha value is -2.34. The fourth-order valence-corrected chi connectivity index (χ4v) is 2.31. The van der Waals surface area contributed by atoms with Gasteiger partial charge in [-0.15, -0.1) is 0 Å². The van der Waals surface area contributed by atoms with E-state index in [1.54, 1.807) is 25.1 Å². The third kappa shape index (κ3) is 5.09. The molecule has 0 aliphatic carbocycles. The minimum absolute atomic E-state index is 0.0544. The van der Waals surface area contributed by atoms with Crippen molar-refractivity contribution >= 4 is 5.69 Å². The SMILES string of the molecule is CCOc1cccc(CNc2ccc(CCO)cc2)c1OC(F)F. The van der Waals surface area contributed by atoms with Crippen molar-refractivity contribution in [3.05, 3.63) is 53.6 Å². The zero-order valence-electron chi connectivity index (χ0n) is 13.5. The third-order valence-electron chi connectivity index (χ3n) is 3.40. The van der Waals surface area contributed by atoms with Gasteiger partial charge < -0.3 is 19.9 Å². The van der Waals surface area contributed by atoms with Gasteiger partial charge in [0.2, 0.25) is 0 Å². The van der Waals surface area contributed by atoms with Gasteiger partial charge in [-0.25, -0.2) is 0 Å². The van der Waals surface area contributed by atoms with Gasteiger partial charge in [0, 0.05) is 24.4 Å². The molecule has 0 atom stereocenters. The van der Waals surface area contributed by atoms with Gasteiger partial charge in [0.05, 0.1) is 6.61 Å². The van der Waals surface area contributed by atoms with E-state index >= 15 is 0 Å². The molecule has 2 aromatic carbocycles. The molecule has 2 aromatic rings. The van der Waals surface area contributed by atoms with Crippen LogP contribution >= 0.6 is 0 Å². The molecular weight excluding hydrogens is 316 g/mol. The Morgan fingerprint density at radius 3 is 2.50 bits per heavy atom. The summed E-state index contributed by atoms with van der Waals surface area (Å²) in [6.45, 7) is -0.343. The van der Waals surface area contributed by atoms with Gasteiger partial charge in [-0.2, -0.15) is 8.78 Å². The van der Waals surface area contributed by atoms with E-state index in [1.165, 1.54) is 0 Å². The molecule has 0 spiro atoms. The second-order valence-corrected chi connectivity index (χ2v) is 5.08. The molecule has 130 valence electrons. The second kappa shape index (κ2) is 9.08. The summed E-state index contributed by atoms with van der Waals surface area (Å²) in [5, 5.41) is 12.1. The Balaban J connectivity index is 2.11. The van der Waals surface area contributed by atoms with Crippen LogP contribution in [0.3, 0.4) is 0 Å². The topological polar surface area (TPSA) is 50.7 Å². The molecule has 0 fully saturated rings. The predicted molar refractivity (Wildman–Crippen MR) is 88.8 cm³/mol. The van der Waals surface area contributed by atoms with Gasteiger partial charge in [0.25, 0.3) is 0 Å². The zero-order chi connectivity index (χ0) is 17.4. The molecule has 2 N–H and O–H groups in total. The van der Waals surface area contributed by atoms with E-state index < -0.39 is 6.61 Å². The van der Waals surface area contributed by atoms with Crippen molar-refractivity contribution in [3.63, 3.8) is 0 Å². The van der Waals surface area contributed by atoms with E-state index in [4.69, 9.17) is 9.84 Å². The largest absolute Gasteiger partial charge is 0.490 e. The van der Waals surface area contributed by atoms with E-state index in [0.29, 0.717) is 30.9 Å². The lowest BCUT2D eigenvalue weighted by atomic mass is 10.1. The van der Waals surface area contributed by atoms with Crippen molar-refractivity contribution < 1.29 is 23.4 Å². The van der Waals surface area contributed by atoms with Gasteiger partial charge in [-0.3, -0.25) is 0 Å². The molecule has 0 saturated carbocycles. The highest BCUT2D eigenvalue weighted by molar-refractivity contribution is 5.50. The number of para-hydroxylation sites is 1. The molecule has 0 heterocycles. The number of benzene rings is 2. The van der Waals surface area contributed by atoms with Gasteiger partial charge in [0.15, 0.2) is 11.5 Å². The Kier molecular flexibility index (Phi) is 6.81. The van der Waals surface area contributed by atoms with Gasteiger partial charge >= 0.3 is 6.61 Å². The monoisotopic (exact) mass is 337 g/mol. The number of aliphatic hydroxyl groups is 1. The molecule has 0 amide bonds. The zero-order valence-corrected chi connectivity index (χ0v) is 13.5. The molecule has 0 aromatic heterocycles. The van der Waals surface area contributed by atoms with Crippen LogP contribution in [0.2, 0.25) is 0 Å². The average molecular weight is 337 g/mol. The van der Waals surface area contributed by atoms with Crippen LogP contribution in [0.1, 0.15) is 18.1 Å². The number of alkyl halides is 2. The Labute approximate surface area is 140 Å². The summed E-state index contributed by atoms with van der Waals surface area (Å²) in [5.41, 5.74) is 2.46. The van der Waals surface area contributed by atoms with Crippen molar-refractivity contribution in [2.75, 3.05) is 18.5 Å². The molecule has 0 bridgehead atoms. The number of rotatable bonds is 9. The average Bonchev–Trinajstić information content (AvgIpc) is 2.56. The molecule has 0 unspecified atom stereocenters. The molecule has 24 heavy (non-hydrogen) atoms. The van der Waals surface area contributed by atoms with Gasteiger partial charge in [0.1, 0.15) is 0 Å². The Morgan fingerprint density at radius 2 is 1.88 bits per heavy atom. The van der Waals surface area contributed by atoms with Crippen LogP contribution < -0.4 is 14.8 Å². The minimum atomic E-state index is -2.91. The van der Waals surface area contributed by atoms with Crippen LogP contribution in [0.4, 0.5) is 14.5 Å². The summed E-state index contributed by atoms with van der Waals surface area (Å²) in [7, 11) is 0. The summed E-state index contributed by atoms with van der Waals surface area (Å²) in [6, 6.07) is 12.6. The number of ether oxygens (including phenoxy) is 2. The normalized spacial score (nSPS) is 10.7. The van der Waals surface area contributed by atoms with Crippen molar-refractivity contribution in [1.29, 1.82) is 0 Å². The molecule has 4 nitrogen and oxygen atoms in total. The van der Waals surface area contributed by atoms with Crippen LogP contribution in [-0.4, -0.2) is 24.9 Å². The second-order valence-electron chi connectivity index (χ2n) is 5.08. The first-order chi connectivity index (χ1) is 11.6. The summed E-state index contributed by atoms with van der Waals surface area (Å²) < 4.78 is 35.4. The van der Waals surface area contributed by atoms with Crippen LogP contribution in [0.25, 0.3) is 0 Å². The highest BCUT2D eigenvalue weighted by Crippen LogP contribution is 2.33. The maximum absolute atomic E-state index is 12.7. The third-order valence-corrected chi connectivity index (χ3v) is 3.40. The van der Waals surface area contributed by atoms with Crippen molar-refractivity contribution in [1.82, 2.24) is 0 Å². The number of halogens is 2. The summed E-state index contributed by atoms with van der Waals surface area (Å²) in [4.78, 5) is 0. The highest BCUT2D eigenvalue weighted by atomic mass is 19.3. The highest BCUT2D eigenvalue weighted by Gasteiger charge is 2.15. The molecule has 0 aliphatic rings.